The minimum atomic E-state index is -1.79. The summed E-state index contributed by atoms with van der Waals surface area (Å²) in [4.78, 5) is 13.3. The third kappa shape index (κ3) is 33.5. The molecule has 9 N–H and O–H groups in total. The average molecular weight is 1090 g/mol. The van der Waals surface area contributed by atoms with Gasteiger partial charge >= 0.3 is 0 Å². The van der Waals surface area contributed by atoms with Crippen molar-refractivity contribution in [1.82, 2.24) is 5.32 Å². The van der Waals surface area contributed by atoms with E-state index in [0.717, 1.165) is 38.5 Å². The summed E-state index contributed by atoms with van der Waals surface area (Å²) in [6.45, 7) is 2.84. The molecule has 2 saturated heterocycles. The number of hydrogen-bond acceptors (Lipinski definition) is 13. The van der Waals surface area contributed by atoms with Crippen molar-refractivity contribution in [3.8, 4) is 0 Å². The molecule has 0 aromatic carbocycles. The highest BCUT2D eigenvalue weighted by Gasteiger charge is 2.51. The molecule has 12 unspecified atom stereocenters. The van der Waals surface area contributed by atoms with Crippen molar-refractivity contribution in [2.45, 2.75) is 357 Å². The van der Waals surface area contributed by atoms with Crippen molar-refractivity contribution in [2.75, 3.05) is 19.8 Å². The largest absolute Gasteiger partial charge is 0.394 e. The van der Waals surface area contributed by atoms with Crippen LogP contribution in [0.4, 0.5) is 0 Å². The number of carbonyl (C=O) groups excluding carboxylic acids is 1. The summed E-state index contributed by atoms with van der Waals surface area (Å²) >= 11 is 0. The summed E-state index contributed by atoms with van der Waals surface area (Å²) in [6, 6.07) is -0.910. The van der Waals surface area contributed by atoms with E-state index in [9.17, 15) is 45.6 Å². The quantitative estimate of drug-likeness (QED) is 0.0204. The monoisotopic (exact) mass is 1090 g/mol. The summed E-state index contributed by atoms with van der Waals surface area (Å²) < 4.78 is 22.8. The molecule has 0 aromatic heterocycles. The Morgan fingerprint density at radius 2 is 0.816 bits per heavy atom. The van der Waals surface area contributed by atoms with Crippen LogP contribution >= 0.6 is 0 Å². The van der Waals surface area contributed by atoms with Gasteiger partial charge in [-0.05, 0) is 19.3 Å². The molecular weight excluding hydrogens is 967 g/mol. The zero-order valence-corrected chi connectivity index (χ0v) is 48.5. The smallest absolute Gasteiger partial charge is 0.220 e. The van der Waals surface area contributed by atoms with Gasteiger partial charge in [0.05, 0.1) is 32.0 Å². The van der Waals surface area contributed by atoms with Gasteiger partial charge in [0.15, 0.2) is 12.6 Å². The molecule has 14 heteroatoms. The molecule has 2 heterocycles. The molecule has 2 rings (SSSR count). The molecule has 0 spiro atoms. The Hall–Kier alpha value is -1.27. The molecule has 12 atom stereocenters. The van der Waals surface area contributed by atoms with Gasteiger partial charge in [0.25, 0.3) is 0 Å². The van der Waals surface area contributed by atoms with Gasteiger partial charge in [0, 0.05) is 6.42 Å². The minimum Gasteiger partial charge on any atom is -0.394 e. The van der Waals surface area contributed by atoms with Crippen LogP contribution < -0.4 is 5.32 Å². The molecule has 450 valence electrons. The first-order valence-corrected chi connectivity index (χ1v) is 31.9. The lowest BCUT2D eigenvalue weighted by Gasteiger charge is -2.46. The van der Waals surface area contributed by atoms with Crippen LogP contribution in [-0.2, 0) is 23.7 Å². The average Bonchev–Trinajstić information content (AvgIpc) is 3.42. The lowest BCUT2D eigenvalue weighted by Crippen LogP contribution is -2.65. The van der Waals surface area contributed by atoms with E-state index in [2.05, 4.69) is 19.2 Å². The number of amides is 1. The van der Waals surface area contributed by atoms with E-state index < -0.39 is 86.8 Å². The van der Waals surface area contributed by atoms with E-state index in [1.807, 2.05) is 6.08 Å². The number of aliphatic hydroxyl groups is 8. The predicted octanol–water partition coefficient (Wildman–Crippen LogP) is 11.5. The van der Waals surface area contributed by atoms with Crippen LogP contribution in [0.1, 0.15) is 284 Å². The Morgan fingerprint density at radius 3 is 1.21 bits per heavy atom. The number of rotatable bonds is 52. The maximum Gasteiger partial charge on any atom is 0.220 e. The third-order valence-electron chi connectivity index (χ3n) is 16.0. The maximum atomic E-state index is 13.3. The van der Waals surface area contributed by atoms with E-state index in [1.54, 1.807) is 6.08 Å². The van der Waals surface area contributed by atoms with Crippen LogP contribution in [-0.4, -0.2) is 140 Å². The third-order valence-corrected chi connectivity index (χ3v) is 16.0. The molecule has 2 fully saturated rings. The van der Waals surface area contributed by atoms with Gasteiger partial charge < -0.3 is 65.1 Å². The first kappa shape index (κ1) is 70.8. The second kappa shape index (κ2) is 48.4. The normalized spacial score (nSPS) is 24.9. The molecule has 0 aliphatic carbocycles. The molecule has 0 aromatic rings. The standard InChI is InChI=1S/C62H119NO13/c1-3-5-7-9-11-13-15-17-19-21-22-23-24-25-26-27-28-30-32-34-36-38-40-42-44-46-54(67)63-50(51(66)45-43-41-39-37-35-33-31-29-20-18-16-14-12-10-8-6-4-2)49-73-61-59(72)57(70)60(53(48-65)75-61)76-62-58(71)56(69)55(68)52(47-64)74-62/h43,45,50-53,55-62,64-66,68-72H,3-42,44,46-49H2,1-2H3,(H,63,67)/b45-43+. The highest BCUT2D eigenvalue weighted by atomic mass is 16.7. The molecule has 0 saturated carbocycles. The molecule has 2 aliphatic rings. The fourth-order valence-corrected chi connectivity index (χ4v) is 10.8. The van der Waals surface area contributed by atoms with Gasteiger partial charge in [-0.25, -0.2) is 0 Å². The van der Waals surface area contributed by atoms with Crippen LogP contribution in [0.25, 0.3) is 0 Å². The number of nitrogens with one attached hydrogen (secondary N) is 1. The fourth-order valence-electron chi connectivity index (χ4n) is 10.8. The number of carbonyl (C=O) groups is 1. The van der Waals surface area contributed by atoms with Crippen LogP contribution in [0.2, 0.25) is 0 Å². The second-order valence-corrected chi connectivity index (χ2v) is 22.9. The van der Waals surface area contributed by atoms with Gasteiger partial charge in [-0.1, -0.05) is 270 Å². The van der Waals surface area contributed by atoms with E-state index in [0.29, 0.717) is 6.42 Å². The molecule has 2 aliphatic heterocycles. The Kier molecular flexibility index (Phi) is 45.1. The van der Waals surface area contributed by atoms with Crippen LogP contribution in [0.15, 0.2) is 12.2 Å². The molecule has 0 bridgehead atoms. The predicted molar refractivity (Wildman–Crippen MR) is 305 cm³/mol. The highest BCUT2D eigenvalue weighted by molar-refractivity contribution is 5.76. The zero-order chi connectivity index (χ0) is 55.3. The van der Waals surface area contributed by atoms with Crippen LogP contribution in [0.5, 0.6) is 0 Å². The SMILES string of the molecule is CCCCCCCCCCCCCCCCC/C=C/C(O)C(COC1OC(CO)C(OC2OC(CO)C(O)C(O)C2O)C(O)C1O)NC(=O)CCCCCCCCCCCCCCCCCCCCCCCCCCC. The number of unbranched alkanes of at least 4 members (excludes halogenated alkanes) is 39. The van der Waals surface area contributed by atoms with Crippen LogP contribution in [0, 0.1) is 0 Å². The molecule has 0 radical (unpaired) electrons. The van der Waals surface area contributed by atoms with Crippen molar-refractivity contribution in [2.24, 2.45) is 0 Å². The van der Waals surface area contributed by atoms with Crippen LogP contribution in [0.3, 0.4) is 0 Å². The lowest BCUT2D eigenvalue weighted by atomic mass is 9.97. The van der Waals surface area contributed by atoms with E-state index in [4.69, 9.17) is 18.9 Å². The Labute approximate surface area is 463 Å². The minimum absolute atomic E-state index is 0.232. The summed E-state index contributed by atoms with van der Waals surface area (Å²) in [6.07, 6.45) is 39.7. The van der Waals surface area contributed by atoms with Crippen molar-refractivity contribution >= 4 is 5.91 Å². The Balaban J connectivity index is 1.71. The molecule has 76 heavy (non-hydrogen) atoms. The second-order valence-electron chi connectivity index (χ2n) is 22.9. The number of allylic oxidation sites excluding steroid dienone is 1. The summed E-state index contributed by atoms with van der Waals surface area (Å²) in [7, 11) is 0. The summed E-state index contributed by atoms with van der Waals surface area (Å²) in [5.74, 6) is -0.232. The van der Waals surface area contributed by atoms with E-state index in [-0.39, 0.29) is 18.9 Å². The van der Waals surface area contributed by atoms with Crippen molar-refractivity contribution in [3.63, 3.8) is 0 Å². The molecular formula is C62H119NO13. The first-order chi connectivity index (χ1) is 37.1. The topological polar surface area (TPSA) is 228 Å². The summed E-state index contributed by atoms with van der Waals surface area (Å²) in [5.41, 5.74) is 0. The van der Waals surface area contributed by atoms with E-state index in [1.165, 1.54) is 218 Å². The Morgan fingerprint density at radius 1 is 0.461 bits per heavy atom. The Bertz CT molecular complexity index is 1330. The zero-order valence-electron chi connectivity index (χ0n) is 48.5. The van der Waals surface area contributed by atoms with Gasteiger partial charge in [0.1, 0.15) is 48.8 Å². The van der Waals surface area contributed by atoms with Crippen molar-refractivity contribution in [3.05, 3.63) is 12.2 Å². The fraction of sp³-hybridized carbons (Fsp3) is 0.952. The van der Waals surface area contributed by atoms with Crippen molar-refractivity contribution < 1.29 is 64.6 Å². The summed E-state index contributed by atoms with van der Waals surface area (Å²) in [5, 5.41) is 87.2. The number of aliphatic hydroxyl groups excluding tert-OH is 8. The van der Waals surface area contributed by atoms with Gasteiger partial charge in [0.2, 0.25) is 5.91 Å². The van der Waals surface area contributed by atoms with Gasteiger partial charge in [-0.3, -0.25) is 4.79 Å². The molecule has 14 nitrogen and oxygen atoms in total. The number of ether oxygens (including phenoxy) is 4. The van der Waals surface area contributed by atoms with E-state index >= 15 is 0 Å². The van der Waals surface area contributed by atoms with Gasteiger partial charge in [-0.15, -0.1) is 0 Å². The number of hydrogen-bond donors (Lipinski definition) is 9. The van der Waals surface area contributed by atoms with Crippen molar-refractivity contribution in [1.29, 1.82) is 0 Å². The van der Waals surface area contributed by atoms with Gasteiger partial charge in [-0.2, -0.15) is 0 Å². The molecule has 1 amide bonds. The first-order valence-electron chi connectivity index (χ1n) is 31.9. The lowest BCUT2D eigenvalue weighted by molar-refractivity contribution is -0.359. The highest BCUT2D eigenvalue weighted by Crippen LogP contribution is 2.30. The maximum absolute atomic E-state index is 13.3.